The Morgan fingerprint density at radius 2 is 0.194 bits per heavy atom. The first-order valence-electron chi connectivity index (χ1n) is 16.6. The van der Waals surface area contributed by atoms with Crippen LogP contribution in [-0.4, -0.2) is 0 Å². The molecular weight excluding hydrogens is 805 g/mol. The Kier molecular flexibility index (Phi) is 40.1. The monoisotopic (exact) mass is 807 g/mol. The van der Waals surface area contributed by atoms with Crippen LogP contribution in [0.5, 0.6) is 0 Å². The van der Waals surface area contributed by atoms with Crippen molar-refractivity contribution >= 4 is 0 Å². The number of hydrogen-bond acceptors (Lipinski definition) is 0. The van der Waals surface area contributed by atoms with Crippen LogP contribution >= 0.6 is 0 Å². The molecule has 0 aliphatic carbocycles. The van der Waals surface area contributed by atoms with Gasteiger partial charge in [0.2, 0.25) is 0 Å². The molecule has 0 amide bonds. The molecule has 0 N–H and O–H groups in total. The highest BCUT2D eigenvalue weighted by atomic mass is 13.6. The van der Waals surface area contributed by atoms with E-state index in [1.165, 1.54) is 0 Å². The van der Waals surface area contributed by atoms with Gasteiger partial charge in [0.05, 0.1) is 0 Å². The van der Waals surface area contributed by atoms with Crippen molar-refractivity contribution in [2.75, 3.05) is 0 Å². The molecule has 0 bridgehead atoms. The van der Waals surface area contributed by atoms with E-state index in [1.54, 1.807) is 0 Å². The number of hydrogen-bond donors (Lipinski definition) is 0. The van der Waals surface area contributed by atoms with Crippen LogP contribution in [0, 0.1) is 398 Å². The van der Waals surface area contributed by atoms with Crippen LogP contribution in [-0.2, 0) is 0 Å². The van der Waals surface area contributed by atoms with Crippen molar-refractivity contribution in [3.05, 3.63) is 6.92 Å². The van der Waals surface area contributed by atoms with Crippen molar-refractivity contribution in [3.8, 4) is 391 Å². The zero-order chi connectivity index (χ0) is 48.0. The van der Waals surface area contributed by atoms with Crippen LogP contribution in [0.15, 0.2) is 0 Å². The molecule has 0 aromatic heterocycles. The Labute approximate surface area is 396 Å². The van der Waals surface area contributed by atoms with Crippen molar-refractivity contribution in [3.63, 3.8) is 0 Å². The van der Waals surface area contributed by atoms with Crippen LogP contribution in [0.2, 0.25) is 0 Å². The first-order valence-corrected chi connectivity index (χ1v) is 16.6. The third-order valence-corrected chi connectivity index (χ3v) is 4.04. The number of rotatable bonds is 0. The lowest BCUT2D eigenvalue weighted by Crippen LogP contribution is -1.57. The lowest BCUT2D eigenvalue weighted by molar-refractivity contribution is 2.31. The second-order valence-electron chi connectivity index (χ2n) is 8.20. The molecule has 0 unspecified atom stereocenters. The summed E-state index contributed by atoms with van der Waals surface area (Å²) in [6, 6.07) is 0. The van der Waals surface area contributed by atoms with Gasteiger partial charge in [0.1, 0.15) is 0 Å². The Morgan fingerprint density at radius 3 is 0.269 bits per heavy atom. The molecule has 0 nitrogen and oxygen atoms in total. The summed E-state index contributed by atoms with van der Waals surface area (Å²) in [6.45, 7) is 3.31. The Morgan fingerprint density at radius 1 is 0.119 bits per heavy atom. The van der Waals surface area contributed by atoms with E-state index >= 15 is 0 Å². The van der Waals surface area contributed by atoms with Gasteiger partial charge in [-0.3, -0.25) is 5.92 Å². The predicted molar refractivity (Wildman–Crippen MR) is 263 cm³/mol. The molecule has 272 valence electrons. The van der Waals surface area contributed by atoms with E-state index in [2.05, 4.69) is 392 Å². The topological polar surface area (TPSA) is 0 Å². The van der Waals surface area contributed by atoms with E-state index in [-0.39, 0.29) is 0 Å². The van der Waals surface area contributed by atoms with E-state index < -0.39 is 0 Å². The van der Waals surface area contributed by atoms with Gasteiger partial charge in [0.25, 0.3) is 0 Å². The Balaban J connectivity index is 4.60. The zero-order valence-corrected chi connectivity index (χ0v) is 33.8. The van der Waals surface area contributed by atoms with Gasteiger partial charge in [-0.25, -0.2) is 5.92 Å². The summed E-state index contributed by atoms with van der Waals surface area (Å²) in [5.74, 6) is 161. The van der Waals surface area contributed by atoms with Crippen molar-refractivity contribution in [1.29, 1.82) is 0 Å². The molecule has 67 heavy (non-hydrogen) atoms. The minimum Gasteiger partial charge on any atom is -0.284 e. The van der Waals surface area contributed by atoms with E-state index in [9.17, 15) is 0 Å². The molecule has 0 aliphatic rings. The predicted octanol–water partition coefficient (Wildman–Crippen LogP) is 0.562. The molecule has 0 aliphatic heterocycles. The van der Waals surface area contributed by atoms with Gasteiger partial charge >= 0.3 is 0 Å². The Bertz CT molecular complexity index is 4360. The van der Waals surface area contributed by atoms with Crippen molar-refractivity contribution in [2.45, 2.75) is 0 Å². The lowest BCUT2D eigenvalue weighted by Gasteiger charge is -1.64. The van der Waals surface area contributed by atoms with E-state index in [4.69, 9.17) is 6.42 Å². The van der Waals surface area contributed by atoms with Gasteiger partial charge in [-0.05, 0) is 94.7 Å². The molecule has 0 heterocycles. The minimum atomic E-state index is 2.12. The number of terminal acetylenes is 1. The van der Waals surface area contributed by atoms with Gasteiger partial charge in [0.15, 0.2) is 0 Å². The molecule has 0 aromatic carbocycles. The molecule has 0 spiro atoms. The van der Waals surface area contributed by atoms with Gasteiger partial charge < -0.3 is 0 Å². The molecular formula is C67H3-. The normalized spacial score (nSPS) is 3.93. The highest BCUT2D eigenvalue weighted by Crippen LogP contribution is 1.64. The van der Waals surface area contributed by atoms with Gasteiger partial charge in [0, 0.05) is 272 Å². The summed E-state index contributed by atoms with van der Waals surface area (Å²) in [6.07, 6.45) is 4.95. The fraction of sp³-hybridized carbons (Fsp3) is 0. The maximum Gasteiger partial charge on any atom is 0 e. The highest BCUT2D eigenvalue weighted by Gasteiger charge is 1.63. The summed E-state index contributed by atoms with van der Waals surface area (Å²) in [4.78, 5) is 0. The van der Waals surface area contributed by atoms with Gasteiger partial charge in [-0.15, -0.1) is 12.3 Å². The first-order chi connectivity index (χ1) is 33.4. The summed E-state index contributed by atoms with van der Waals surface area (Å²) < 4.78 is 0. The summed E-state index contributed by atoms with van der Waals surface area (Å²) in [5, 5.41) is 0. The fourth-order valence-electron chi connectivity index (χ4n) is 1.99. The van der Waals surface area contributed by atoms with Gasteiger partial charge in [-0.1, -0.05) is 0 Å². The summed E-state index contributed by atoms with van der Waals surface area (Å²) in [5.41, 5.74) is 0. The van der Waals surface area contributed by atoms with Gasteiger partial charge in [-0.2, -0.15) is 6.92 Å². The van der Waals surface area contributed by atoms with Crippen molar-refractivity contribution in [1.82, 2.24) is 0 Å². The van der Waals surface area contributed by atoms with Crippen molar-refractivity contribution < 1.29 is 0 Å². The van der Waals surface area contributed by atoms with E-state index in [0.717, 1.165) is 0 Å². The van der Waals surface area contributed by atoms with Crippen molar-refractivity contribution in [2.24, 2.45) is 0 Å². The largest absolute Gasteiger partial charge is 0.284 e. The maximum atomic E-state index is 4.95. The zero-order valence-electron chi connectivity index (χ0n) is 33.8. The molecule has 0 fully saturated rings. The fourth-order valence-corrected chi connectivity index (χ4v) is 1.99. The third-order valence-electron chi connectivity index (χ3n) is 4.04. The average molecular weight is 808 g/mol. The second-order valence-corrected chi connectivity index (χ2v) is 8.20. The van der Waals surface area contributed by atoms with Crippen LogP contribution in [0.4, 0.5) is 0 Å². The SMILES string of the molecule is C#CC#CC#CC#CC#CC#CC#CC#CC#CC#CC#CC#CC#CC#CC#CC#CC#CC#CC#CC#CC#CC#CC#CC#CC#CC#CC#CC#CC#CC#CC#CC#CC#C[CH2-]. The minimum absolute atomic E-state index is 2.12. The highest BCUT2D eigenvalue weighted by molar-refractivity contribution is 5.52. The summed E-state index contributed by atoms with van der Waals surface area (Å²) >= 11 is 0. The molecule has 0 heteroatoms. The molecule has 0 saturated carbocycles. The molecule has 0 aromatic rings. The third kappa shape index (κ3) is 51.3. The Hall–Kier alpha value is -14.7. The standard InChI is InChI=1S/C67H3/c1-3-5-7-9-11-13-15-17-19-21-23-25-27-29-31-33-35-37-39-41-43-45-47-49-51-53-55-57-59-61-63-65-67-66-64-62-60-58-56-54-52-50-48-46-44-42-40-38-36-34-32-30-28-26-24-22-20-18-16-14-12-10-8-6-4-2/h1H,2H2/q-1. The second kappa shape index (κ2) is 51.3. The van der Waals surface area contributed by atoms with E-state index in [1.807, 2.05) is 0 Å². The van der Waals surface area contributed by atoms with Crippen LogP contribution < -0.4 is 0 Å². The van der Waals surface area contributed by atoms with Crippen LogP contribution in [0.1, 0.15) is 0 Å². The molecule has 0 radical (unpaired) electrons. The average Bonchev–Trinajstić information content (AvgIpc) is 3.34. The lowest BCUT2D eigenvalue weighted by atomic mass is 10.4. The quantitative estimate of drug-likeness (QED) is 0.249. The molecule has 0 rings (SSSR count). The van der Waals surface area contributed by atoms with Crippen LogP contribution in [0.3, 0.4) is 0 Å². The maximum absolute atomic E-state index is 4.95. The van der Waals surface area contributed by atoms with E-state index in [0.29, 0.717) is 0 Å². The smallest absolute Gasteiger partial charge is 0 e. The molecule has 0 atom stereocenters. The van der Waals surface area contributed by atoms with Crippen LogP contribution in [0.25, 0.3) is 0 Å². The summed E-state index contributed by atoms with van der Waals surface area (Å²) in [7, 11) is 0. The molecule has 0 saturated heterocycles. The first kappa shape index (κ1) is 52.3.